The first-order valence-electron chi connectivity index (χ1n) is 5.62. The fourth-order valence-corrected chi connectivity index (χ4v) is 1.58. The largest absolute Gasteiger partial charge is 0.467 e. The third-order valence-electron chi connectivity index (χ3n) is 2.53. The maximum atomic E-state index is 11.3. The molecule has 0 aliphatic heterocycles. The van der Waals surface area contributed by atoms with Gasteiger partial charge in [0.15, 0.2) is 6.10 Å². The molecule has 0 heterocycles. The number of hydrogen-bond donors (Lipinski definition) is 1. The highest BCUT2D eigenvalue weighted by molar-refractivity contribution is 5.76. The van der Waals surface area contributed by atoms with Gasteiger partial charge in [-0.1, -0.05) is 42.0 Å². The molecule has 0 amide bonds. The molecule has 0 aromatic heterocycles. The number of esters is 1. The van der Waals surface area contributed by atoms with Crippen molar-refractivity contribution >= 4 is 12.0 Å². The molecule has 98 valence electrons. The van der Waals surface area contributed by atoms with Crippen molar-refractivity contribution in [1.82, 2.24) is 0 Å². The molecular formula is C14H18O4. The van der Waals surface area contributed by atoms with E-state index in [-0.39, 0.29) is 0 Å². The summed E-state index contributed by atoms with van der Waals surface area (Å²) in [5.41, 5.74) is 2.08. The van der Waals surface area contributed by atoms with Crippen LogP contribution in [0.2, 0.25) is 0 Å². The Morgan fingerprint density at radius 2 is 2.11 bits per heavy atom. The van der Waals surface area contributed by atoms with E-state index in [1.807, 2.05) is 31.2 Å². The quantitative estimate of drug-likeness (QED) is 0.806. The van der Waals surface area contributed by atoms with Gasteiger partial charge in [0.2, 0.25) is 0 Å². The first-order valence-corrected chi connectivity index (χ1v) is 5.62. The summed E-state index contributed by atoms with van der Waals surface area (Å²) in [7, 11) is 2.61. The minimum Gasteiger partial charge on any atom is -0.467 e. The molecule has 0 saturated carbocycles. The molecule has 18 heavy (non-hydrogen) atoms. The van der Waals surface area contributed by atoms with E-state index < -0.39 is 18.2 Å². The second-order valence-corrected chi connectivity index (χ2v) is 3.94. The van der Waals surface area contributed by atoms with E-state index in [1.54, 1.807) is 6.08 Å². The molecule has 0 spiro atoms. The SMILES string of the molecule is COC(=O)C(OC)C(O)/C=C/c1cccc(C)c1. The van der Waals surface area contributed by atoms with Crippen LogP contribution in [-0.4, -0.2) is 37.5 Å². The smallest absolute Gasteiger partial charge is 0.338 e. The summed E-state index contributed by atoms with van der Waals surface area (Å²) < 4.78 is 9.44. The van der Waals surface area contributed by atoms with Gasteiger partial charge in [0, 0.05) is 7.11 Å². The Morgan fingerprint density at radius 3 is 2.67 bits per heavy atom. The van der Waals surface area contributed by atoms with Crippen LogP contribution in [0.5, 0.6) is 0 Å². The summed E-state index contributed by atoms with van der Waals surface area (Å²) in [6.45, 7) is 1.99. The van der Waals surface area contributed by atoms with Gasteiger partial charge >= 0.3 is 5.97 Å². The lowest BCUT2D eigenvalue weighted by Crippen LogP contribution is -2.35. The maximum absolute atomic E-state index is 11.3. The molecule has 1 aromatic carbocycles. The van der Waals surface area contributed by atoms with Gasteiger partial charge in [-0.05, 0) is 12.5 Å². The zero-order valence-electron chi connectivity index (χ0n) is 10.8. The summed E-state index contributed by atoms with van der Waals surface area (Å²) in [5.74, 6) is -0.598. The van der Waals surface area contributed by atoms with Crippen molar-refractivity contribution in [2.24, 2.45) is 0 Å². The Kier molecular flexibility index (Phi) is 5.55. The van der Waals surface area contributed by atoms with Gasteiger partial charge in [-0.25, -0.2) is 4.79 Å². The van der Waals surface area contributed by atoms with Gasteiger partial charge < -0.3 is 14.6 Å². The number of ether oxygens (including phenoxy) is 2. The predicted molar refractivity (Wildman–Crippen MR) is 69.0 cm³/mol. The lowest BCUT2D eigenvalue weighted by molar-refractivity contribution is -0.157. The minimum absolute atomic E-state index is 0.598. The number of carbonyl (C=O) groups is 1. The van der Waals surface area contributed by atoms with Gasteiger partial charge in [0.1, 0.15) is 6.10 Å². The van der Waals surface area contributed by atoms with Gasteiger partial charge in [0.05, 0.1) is 7.11 Å². The lowest BCUT2D eigenvalue weighted by atomic mass is 10.1. The monoisotopic (exact) mass is 250 g/mol. The number of aliphatic hydroxyl groups is 1. The second-order valence-electron chi connectivity index (χ2n) is 3.94. The van der Waals surface area contributed by atoms with Crippen molar-refractivity contribution in [1.29, 1.82) is 0 Å². The molecule has 1 N–H and O–H groups in total. The van der Waals surface area contributed by atoms with Crippen molar-refractivity contribution in [3.05, 3.63) is 41.5 Å². The van der Waals surface area contributed by atoms with Crippen molar-refractivity contribution in [2.75, 3.05) is 14.2 Å². The first-order chi connectivity index (χ1) is 8.58. The van der Waals surface area contributed by atoms with E-state index in [0.29, 0.717) is 0 Å². The molecule has 1 rings (SSSR count). The van der Waals surface area contributed by atoms with Crippen molar-refractivity contribution in [3.63, 3.8) is 0 Å². The van der Waals surface area contributed by atoms with E-state index in [9.17, 15) is 9.90 Å². The van der Waals surface area contributed by atoms with Crippen molar-refractivity contribution < 1.29 is 19.4 Å². The molecule has 0 aliphatic carbocycles. The molecule has 1 aromatic rings. The molecule has 2 atom stereocenters. The van der Waals surface area contributed by atoms with Gasteiger partial charge in [-0.2, -0.15) is 0 Å². The highest BCUT2D eigenvalue weighted by Gasteiger charge is 2.25. The van der Waals surface area contributed by atoms with Crippen LogP contribution in [0, 0.1) is 6.92 Å². The van der Waals surface area contributed by atoms with E-state index in [1.165, 1.54) is 20.3 Å². The number of carbonyl (C=O) groups excluding carboxylic acids is 1. The molecule has 2 unspecified atom stereocenters. The van der Waals surface area contributed by atoms with E-state index in [4.69, 9.17) is 4.74 Å². The normalized spacial score (nSPS) is 14.4. The number of aryl methyl sites for hydroxylation is 1. The third-order valence-corrected chi connectivity index (χ3v) is 2.53. The van der Waals surface area contributed by atoms with Crippen LogP contribution in [0.25, 0.3) is 6.08 Å². The average Bonchev–Trinajstić information content (AvgIpc) is 2.37. The standard InChI is InChI=1S/C14H18O4/c1-10-5-4-6-11(9-10)7-8-12(15)13(17-2)14(16)18-3/h4-9,12-13,15H,1-3H3/b8-7+. The topological polar surface area (TPSA) is 55.8 Å². The van der Waals surface area contributed by atoms with E-state index >= 15 is 0 Å². The molecule has 4 heteroatoms. The van der Waals surface area contributed by atoms with Crippen LogP contribution in [0.15, 0.2) is 30.3 Å². The molecule has 0 aliphatic rings. The highest BCUT2D eigenvalue weighted by atomic mass is 16.6. The van der Waals surface area contributed by atoms with Crippen LogP contribution >= 0.6 is 0 Å². The molecule has 0 saturated heterocycles. The maximum Gasteiger partial charge on any atom is 0.338 e. The minimum atomic E-state index is -1.04. The summed E-state index contributed by atoms with van der Waals surface area (Å²) in [6, 6.07) is 7.80. The van der Waals surface area contributed by atoms with Crippen LogP contribution in [0.4, 0.5) is 0 Å². The molecule has 0 radical (unpaired) electrons. The number of benzene rings is 1. The van der Waals surface area contributed by atoms with E-state index in [2.05, 4.69) is 4.74 Å². The molecular weight excluding hydrogens is 232 g/mol. The number of methoxy groups -OCH3 is 2. The number of rotatable bonds is 5. The zero-order chi connectivity index (χ0) is 13.5. The zero-order valence-corrected chi connectivity index (χ0v) is 10.8. The van der Waals surface area contributed by atoms with Crippen molar-refractivity contribution in [3.8, 4) is 0 Å². The van der Waals surface area contributed by atoms with Crippen LogP contribution in [0.1, 0.15) is 11.1 Å². The van der Waals surface area contributed by atoms with Crippen LogP contribution in [-0.2, 0) is 14.3 Å². The van der Waals surface area contributed by atoms with Gasteiger partial charge in [-0.15, -0.1) is 0 Å². The Balaban J connectivity index is 2.73. The third kappa shape index (κ3) is 3.98. The lowest BCUT2D eigenvalue weighted by Gasteiger charge is -2.16. The highest BCUT2D eigenvalue weighted by Crippen LogP contribution is 2.09. The Morgan fingerprint density at radius 1 is 1.39 bits per heavy atom. The Labute approximate surface area is 107 Å². The molecule has 4 nitrogen and oxygen atoms in total. The van der Waals surface area contributed by atoms with Crippen LogP contribution < -0.4 is 0 Å². The predicted octanol–water partition coefficient (Wildman–Crippen LogP) is 1.56. The molecule has 0 fully saturated rings. The number of aliphatic hydroxyl groups excluding tert-OH is 1. The van der Waals surface area contributed by atoms with Gasteiger partial charge in [0.25, 0.3) is 0 Å². The fraction of sp³-hybridized carbons (Fsp3) is 0.357. The van der Waals surface area contributed by atoms with Crippen molar-refractivity contribution in [2.45, 2.75) is 19.1 Å². The summed E-state index contributed by atoms with van der Waals surface area (Å²) in [4.78, 5) is 11.3. The number of hydrogen-bond acceptors (Lipinski definition) is 4. The summed E-state index contributed by atoms with van der Waals surface area (Å²) in [5, 5.41) is 9.83. The summed E-state index contributed by atoms with van der Waals surface area (Å²) >= 11 is 0. The van der Waals surface area contributed by atoms with Crippen LogP contribution in [0.3, 0.4) is 0 Å². The summed E-state index contributed by atoms with van der Waals surface area (Å²) in [6.07, 6.45) is 1.21. The molecule has 0 bridgehead atoms. The Hall–Kier alpha value is -1.65. The fourth-order valence-electron chi connectivity index (χ4n) is 1.58. The Bertz CT molecular complexity index is 426. The second kappa shape index (κ2) is 6.93. The average molecular weight is 250 g/mol. The van der Waals surface area contributed by atoms with Gasteiger partial charge in [-0.3, -0.25) is 0 Å². The van der Waals surface area contributed by atoms with E-state index in [0.717, 1.165) is 11.1 Å². The first kappa shape index (κ1) is 14.4.